The second kappa shape index (κ2) is 5.46. The molecule has 0 bridgehead atoms. The van der Waals surface area contributed by atoms with Crippen LogP contribution in [-0.4, -0.2) is 38.9 Å². The summed E-state index contributed by atoms with van der Waals surface area (Å²) in [6, 6.07) is 0. The van der Waals surface area contributed by atoms with E-state index in [1.54, 1.807) is 0 Å². The second-order valence-electron chi connectivity index (χ2n) is 3.89. The number of amides is 1. The molecule has 1 atom stereocenters. The molecule has 1 saturated heterocycles. The van der Waals surface area contributed by atoms with Crippen LogP contribution in [0.5, 0.6) is 0 Å². The number of carbonyl (C=O) groups is 1. The van der Waals surface area contributed by atoms with Gasteiger partial charge in [0.1, 0.15) is 0 Å². The number of unbranched alkanes of at least 4 members (excludes halogenated alkanes) is 1. The highest BCUT2D eigenvalue weighted by Gasteiger charge is 2.32. The van der Waals surface area contributed by atoms with Crippen LogP contribution in [0.2, 0.25) is 0 Å². The van der Waals surface area contributed by atoms with Crippen molar-refractivity contribution in [3.8, 4) is 0 Å². The SMILES string of the molecule is NCCCCNC(=O)C1CCS(=O)(=O)C1. The van der Waals surface area contributed by atoms with E-state index in [0.717, 1.165) is 12.8 Å². The van der Waals surface area contributed by atoms with Crippen LogP contribution in [0, 0.1) is 5.92 Å². The summed E-state index contributed by atoms with van der Waals surface area (Å²) in [7, 11) is -2.96. The molecule has 0 aromatic heterocycles. The summed E-state index contributed by atoms with van der Waals surface area (Å²) in [5.41, 5.74) is 5.31. The first-order chi connectivity index (χ1) is 7.05. The van der Waals surface area contributed by atoms with Crippen molar-refractivity contribution in [2.45, 2.75) is 19.3 Å². The molecule has 3 N–H and O–H groups in total. The van der Waals surface area contributed by atoms with Crippen LogP contribution in [0.3, 0.4) is 0 Å². The zero-order valence-electron chi connectivity index (χ0n) is 8.74. The third-order valence-electron chi connectivity index (χ3n) is 2.53. The van der Waals surface area contributed by atoms with Gasteiger partial charge in [-0.15, -0.1) is 0 Å². The molecule has 1 fully saturated rings. The molecule has 0 aliphatic carbocycles. The van der Waals surface area contributed by atoms with E-state index < -0.39 is 9.84 Å². The first kappa shape index (κ1) is 12.4. The third kappa shape index (κ3) is 4.17. The number of hydrogen-bond donors (Lipinski definition) is 2. The summed E-state index contributed by atoms with van der Waals surface area (Å²) >= 11 is 0. The summed E-state index contributed by atoms with van der Waals surface area (Å²) in [5.74, 6) is -0.315. The second-order valence-corrected chi connectivity index (χ2v) is 6.12. The highest BCUT2D eigenvalue weighted by atomic mass is 32.2. The normalized spacial score (nSPS) is 23.9. The Labute approximate surface area is 90.3 Å². The number of hydrogen-bond acceptors (Lipinski definition) is 4. The van der Waals surface area contributed by atoms with Gasteiger partial charge in [-0.05, 0) is 25.8 Å². The summed E-state index contributed by atoms with van der Waals surface area (Å²) < 4.78 is 22.3. The fourth-order valence-corrected chi connectivity index (χ4v) is 3.37. The van der Waals surface area contributed by atoms with Gasteiger partial charge in [0.15, 0.2) is 9.84 Å². The lowest BCUT2D eigenvalue weighted by atomic mass is 10.1. The van der Waals surface area contributed by atoms with Crippen molar-refractivity contribution in [1.29, 1.82) is 0 Å². The van der Waals surface area contributed by atoms with Gasteiger partial charge in [0.2, 0.25) is 5.91 Å². The van der Waals surface area contributed by atoms with E-state index in [0.29, 0.717) is 19.5 Å². The zero-order chi connectivity index (χ0) is 11.3. The molecule has 1 aliphatic heterocycles. The predicted molar refractivity (Wildman–Crippen MR) is 58.1 cm³/mol. The van der Waals surface area contributed by atoms with E-state index in [4.69, 9.17) is 5.73 Å². The number of carbonyl (C=O) groups excluding carboxylic acids is 1. The van der Waals surface area contributed by atoms with Crippen LogP contribution >= 0.6 is 0 Å². The minimum absolute atomic E-state index is 0.00965. The molecule has 6 heteroatoms. The van der Waals surface area contributed by atoms with Gasteiger partial charge >= 0.3 is 0 Å². The Morgan fingerprint density at radius 3 is 2.67 bits per heavy atom. The maximum absolute atomic E-state index is 11.5. The fraction of sp³-hybridized carbons (Fsp3) is 0.889. The molecule has 0 spiro atoms. The number of sulfone groups is 1. The van der Waals surface area contributed by atoms with Crippen molar-refractivity contribution < 1.29 is 13.2 Å². The fourth-order valence-electron chi connectivity index (χ4n) is 1.63. The van der Waals surface area contributed by atoms with Crippen LogP contribution in [0.4, 0.5) is 0 Å². The van der Waals surface area contributed by atoms with Gasteiger partial charge in [-0.2, -0.15) is 0 Å². The van der Waals surface area contributed by atoms with E-state index in [9.17, 15) is 13.2 Å². The summed E-state index contributed by atoms with van der Waals surface area (Å²) in [6.07, 6.45) is 2.19. The van der Waals surface area contributed by atoms with Gasteiger partial charge in [-0.3, -0.25) is 4.79 Å². The molecule has 1 unspecified atom stereocenters. The van der Waals surface area contributed by atoms with Gasteiger partial charge < -0.3 is 11.1 Å². The lowest BCUT2D eigenvalue weighted by Gasteiger charge is -2.08. The molecule has 1 heterocycles. The zero-order valence-corrected chi connectivity index (χ0v) is 9.55. The van der Waals surface area contributed by atoms with Crippen molar-refractivity contribution in [3.05, 3.63) is 0 Å². The van der Waals surface area contributed by atoms with E-state index in [-0.39, 0.29) is 23.3 Å². The van der Waals surface area contributed by atoms with Crippen LogP contribution in [0.15, 0.2) is 0 Å². The summed E-state index contributed by atoms with van der Waals surface area (Å²) in [6.45, 7) is 1.21. The molecule has 1 aliphatic rings. The minimum atomic E-state index is -2.96. The van der Waals surface area contributed by atoms with Crippen LogP contribution in [-0.2, 0) is 14.6 Å². The molecule has 15 heavy (non-hydrogen) atoms. The maximum Gasteiger partial charge on any atom is 0.224 e. The molecule has 1 amide bonds. The molecule has 5 nitrogen and oxygen atoms in total. The average Bonchev–Trinajstić information content (AvgIpc) is 2.53. The Morgan fingerprint density at radius 2 is 2.13 bits per heavy atom. The van der Waals surface area contributed by atoms with Crippen molar-refractivity contribution in [2.24, 2.45) is 11.7 Å². The van der Waals surface area contributed by atoms with E-state index >= 15 is 0 Å². The first-order valence-electron chi connectivity index (χ1n) is 5.23. The molecular formula is C9H18N2O3S. The van der Waals surface area contributed by atoms with Gasteiger partial charge in [0.05, 0.1) is 17.4 Å². The van der Waals surface area contributed by atoms with Crippen molar-refractivity contribution in [3.63, 3.8) is 0 Å². The van der Waals surface area contributed by atoms with Gasteiger partial charge in [0, 0.05) is 6.54 Å². The maximum atomic E-state index is 11.5. The Hall–Kier alpha value is -0.620. The smallest absolute Gasteiger partial charge is 0.224 e. The highest BCUT2D eigenvalue weighted by molar-refractivity contribution is 7.91. The Kier molecular flexibility index (Phi) is 4.53. The molecule has 1 rings (SSSR count). The molecule has 0 aromatic carbocycles. The van der Waals surface area contributed by atoms with Gasteiger partial charge in [-0.25, -0.2) is 8.42 Å². The first-order valence-corrected chi connectivity index (χ1v) is 7.05. The van der Waals surface area contributed by atoms with Crippen molar-refractivity contribution >= 4 is 15.7 Å². The highest BCUT2D eigenvalue weighted by Crippen LogP contribution is 2.18. The predicted octanol–water partition coefficient (Wildman–Crippen LogP) is -0.724. The third-order valence-corrected chi connectivity index (χ3v) is 4.30. The number of nitrogens with two attached hydrogens (primary N) is 1. The molecule has 88 valence electrons. The number of rotatable bonds is 5. The van der Waals surface area contributed by atoms with Gasteiger partial charge in [0.25, 0.3) is 0 Å². The van der Waals surface area contributed by atoms with Crippen LogP contribution < -0.4 is 11.1 Å². The lowest BCUT2D eigenvalue weighted by molar-refractivity contribution is -0.124. The Bertz CT molecular complexity index is 313. The van der Waals surface area contributed by atoms with E-state index in [1.807, 2.05) is 0 Å². The standard InChI is InChI=1S/C9H18N2O3S/c10-4-1-2-5-11-9(12)8-3-6-15(13,14)7-8/h8H,1-7,10H2,(H,11,12). The summed E-state index contributed by atoms with van der Waals surface area (Å²) in [5, 5.41) is 2.74. The molecular weight excluding hydrogens is 216 g/mol. The molecule has 0 aromatic rings. The number of nitrogens with one attached hydrogen (secondary N) is 1. The Morgan fingerprint density at radius 1 is 1.40 bits per heavy atom. The average molecular weight is 234 g/mol. The summed E-state index contributed by atoms with van der Waals surface area (Å²) in [4.78, 5) is 11.5. The van der Waals surface area contributed by atoms with Crippen LogP contribution in [0.1, 0.15) is 19.3 Å². The van der Waals surface area contributed by atoms with Gasteiger partial charge in [-0.1, -0.05) is 0 Å². The monoisotopic (exact) mass is 234 g/mol. The quantitative estimate of drug-likeness (QED) is 0.614. The van der Waals surface area contributed by atoms with E-state index in [1.165, 1.54) is 0 Å². The van der Waals surface area contributed by atoms with Crippen molar-refractivity contribution in [2.75, 3.05) is 24.6 Å². The van der Waals surface area contributed by atoms with Crippen LogP contribution in [0.25, 0.3) is 0 Å². The van der Waals surface area contributed by atoms with E-state index in [2.05, 4.69) is 5.32 Å². The van der Waals surface area contributed by atoms with Crippen molar-refractivity contribution in [1.82, 2.24) is 5.32 Å². The molecule has 0 radical (unpaired) electrons. The topological polar surface area (TPSA) is 89.3 Å². The largest absolute Gasteiger partial charge is 0.356 e. The Balaban J connectivity index is 2.24. The lowest BCUT2D eigenvalue weighted by Crippen LogP contribution is -2.32. The minimum Gasteiger partial charge on any atom is -0.356 e. The molecule has 0 saturated carbocycles.